The molecule has 1 fully saturated rings. The molecule has 0 aromatic carbocycles. The van der Waals surface area contributed by atoms with Crippen LogP contribution in [0.5, 0.6) is 0 Å². The molecule has 1 saturated heterocycles. The van der Waals surface area contributed by atoms with Crippen LogP contribution in [-0.2, 0) is 9.59 Å². The van der Waals surface area contributed by atoms with E-state index in [4.69, 9.17) is 16.6 Å². The van der Waals surface area contributed by atoms with E-state index in [-0.39, 0.29) is 10.7 Å². The molecular weight excluding hydrogens is 302 g/mol. The van der Waals surface area contributed by atoms with Crippen LogP contribution in [-0.4, -0.2) is 41.5 Å². The molecule has 1 aliphatic rings. The fourth-order valence-corrected chi connectivity index (χ4v) is 2.55. The van der Waals surface area contributed by atoms with Gasteiger partial charge in [0.05, 0.1) is 0 Å². The van der Waals surface area contributed by atoms with Crippen molar-refractivity contribution in [2.45, 2.75) is 20.8 Å². The first-order valence-electron chi connectivity index (χ1n) is 7.25. The molecule has 0 radical (unpaired) electrons. The van der Waals surface area contributed by atoms with Crippen LogP contribution in [0.2, 0.25) is 0 Å². The van der Waals surface area contributed by atoms with Crippen molar-refractivity contribution in [1.82, 2.24) is 10.2 Å². The fourth-order valence-electron chi connectivity index (χ4n) is 2.25. The van der Waals surface area contributed by atoms with Crippen LogP contribution < -0.4 is 10.2 Å². The Hall–Kier alpha value is -2.15. The normalized spacial score (nSPS) is 17.1. The molecule has 2 amide bonds. The Labute approximate surface area is 134 Å². The number of rotatable bonds is 5. The summed E-state index contributed by atoms with van der Waals surface area (Å²) in [6.45, 7) is 7.89. The van der Waals surface area contributed by atoms with Crippen molar-refractivity contribution >= 4 is 41.1 Å². The number of nitrogens with one attached hydrogen (secondary N) is 1. The van der Waals surface area contributed by atoms with Gasteiger partial charge in [-0.2, -0.15) is 0 Å². The Bertz CT molecular complexity index is 632. The van der Waals surface area contributed by atoms with Crippen LogP contribution in [0.15, 0.2) is 22.1 Å². The van der Waals surface area contributed by atoms with E-state index < -0.39 is 11.8 Å². The van der Waals surface area contributed by atoms with E-state index in [1.165, 1.54) is 11.0 Å². The lowest BCUT2D eigenvalue weighted by atomic mass is 10.1. The lowest BCUT2D eigenvalue weighted by molar-refractivity contribution is -0.128. The minimum atomic E-state index is -0.500. The third-order valence-corrected chi connectivity index (χ3v) is 3.80. The largest absolute Gasteiger partial charge is 0.441 e. The van der Waals surface area contributed by atoms with Gasteiger partial charge in [-0.05, 0) is 45.1 Å². The standard InChI is InChI=1S/C15H19N3O3S/c1-4-17(5-2)12-8-7-10(21-12)9-11-13(19)16-15(22)18(6-3)14(11)20/h7-9H,4-6H2,1-3H3,(H,16,19,22)/b11-9+. The number of carbonyl (C=O) groups is 2. The first-order valence-corrected chi connectivity index (χ1v) is 7.66. The van der Waals surface area contributed by atoms with Gasteiger partial charge in [0.15, 0.2) is 11.0 Å². The zero-order chi connectivity index (χ0) is 16.3. The highest BCUT2D eigenvalue weighted by atomic mass is 32.1. The highest BCUT2D eigenvalue weighted by Gasteiger charge is 2.32. The van der Waals surface area contributed by atoms with E-state index in [9.17, 15) is 9.59 Å². The molecule has 6 nitrogen and oxygen atoms in total. The summed E-state index contributed by atoms with van der Waals surface area (Å²) < 4.78 is 5.69. The minimum Gasteiger partial charge on any atom is -0.441 e. The molecule has 22 heavy (non-hydrogen) atoms. The summed E-state index contributed by atoms with van der Waals surface area (Å²) in [5, 5.41) is 2.65. The number of thiocarbonyl (C=S) groups is 1. The van der Waals surface area contributed by atoms with Crippen molar-refractivity contribution in [1.29, 1.82) is 0 Å². The predicted molar refractivity (Wildman–Crippen MR) is 88.4 cm³/mol. The Morgan fingerprint density at radius 2 is 1.95 bits per heavy atom. The van der Waals surface area contributed by atoms with Gasteiger partial charge in [0, 0.05) is 25.7 Å². The highest BCUT2D eigenvalue weighted by molar-refractivity contribution is 7.80. The second-order valence-electron chi connectivity index (χ2n) is 4.71. The average molecular weight is 321 g/mol. The lowest BCUT2D eigenvalue weighted by Crippen LogP contribution is -2.53. The van der Waals surface area contributed by atoms with Crippen molar-refractivity contribution in [2.24, 2.45) is 0 Å². The van der Waals surface area contributed by atoms with E-state index in [2.05, 4.69) is 5.32 Å². The Morgan fingerprint density at radius 3 is 2.55 bits per heavy atom. The van der Waals surface area contributed by atoms with E-state index in [0.29, 0.717) is 18.2 Å². The molecule has 118 valence electrons. The molecule has 0 aliphatic carbocycles. The number of anilines is 1. The van der Waals surface area contributed by atoms with Gasteiger partial charge in [0.2, 0.25) is 0 Å². The van der Waals surface area contributed by atoms with E-state index >= 15 is 0 Å². The first-order chi connectivity index (χ1) is 10.5. The number of hydrogen-bond acceptors (Lipinski definition) is 5. The van der Waals surface area contributed by atoms with Gasteiger partial charge < -0.3 is 9.32 Å². The van der Waals surface area contributed by atoms with Crippen LogP contribution in [0.1, 0.15) is 26.5 Å². The van der Waals surface area contributed by atoms with E-state index in [1.807, 2.05) is 24.8 Å². The van der Waals surface area contributed by atoms with Gasteiger partial charge in [0.25, 0.3) is 11.8 Å². The Morgan fingerprint density at radius 1 is 1.27 bits per heavy atom. The number of amides is 2. The molecular formula is C15H19N3O3S. The number of nitrogens with zero attached hydrogens (tertiary/aromatic N) is 2. The van der Waals surface area contributed by atoms with Crippen molar-refractivity contribution in [3.8, 4) is 0 Å². The molecule has 2 rings (SSSR count). The second-order valence-corrected chi connectivity index (χ2v) is 5.10. The quantitative estimate of drug-likeness (QED) is 0.509. The summed E-state index contributed by atoms with van der Waals surface area (Å²) in [7, 11) is 0. The number of likely N-dealkylation sites (N-methyl/N-ethyl adjacent to an activating group) is 1. The molecule has 1 aliphatic heterocycles. The van der Waals surface area contributed by atoms with Crippen molar-refractivity contribution < 1.29 is 14.0 Å². The molecule has 0 unspecified atom stereocenters. The van der Waals surface area contributed by atoms with Crippen LogP contribution in [0.4, 0.5) is 5.88 Å². The van der Waals surface area contributed by atoms with E-state index in [0.717, 1.165) is 13.1 Å². The van der Waals surface area contributed by atoms with Crippen LogP contribution >= 0.6 is 12.2 Å². The molecule has 0 saturated carbocycles. The second kappa shape index (κ2) is 6.74. The molecule has 0 atom stereocenters. The van der Waals surface area contributed by atoms with Gasteiger partial charge in [0.1, 0.15) is 11.3 Å². The van der Waals surface area contributed by atoms with Crippen molar-refractivity contribution in [3.05, 3.63) is 23.5 Å². The summed E-state index contributed by atoms with van der Waals surface area (Å²) in [4.78, 5) is 27.6. The predicted octanol–water partition coefficient (Wildman–Crippen LogP) is 1.77. The third-order valence-electron chi connectivity index (χ3n) is 3.48. The lowest BCUT2D eigenvalue weighted by Gasteiger charge is -2.27. The van der Waals surface area contributed by atoms with Gasteiger partial charge in [-0.1, -0.05) is 0 Å². The molecule has 1 aromatic rings. The summed E-state index contributed by atoms with van der Waals surface area (Å²) in [5.41, 5.74) is 0.0240. The summed E-state index contributed by atoms with van der Waals surface area (Å²) in [6, 6.07) is 3.57. The third kappa shape index (κ3) is 3.04. The van der Waals surface area contributed by atoms with Gasteiger partial charge in [-0.25, -0.2) is 0 Å². The number of hydrogen-bond donors (Lipinski definition) is 1. The maximum absolute atomic E-state index is 12.3. The summed E-state index contributed by atoms with van der Waals surface area (Å²) >= 11 is 4.98. The average Bonchev–Trinajstić information content (AvgIpc) is 2.93. The van der Waals surface area contributed by atoms with Crippen LogP contribution in [0, 0.1) is 0 Å². The maximum Gasteiger partial charge on any atom is 0.265 e. The number of carbonyl (C=O) groups excluding carboxylic acids is 2. The van der Waals surface area contributed by atoms with Crippen LogP contribution in [0.25, 0.3) is 6.08 Å². The van der Waals surface area contributed by atoms with Crippen LogP contribution in [0.3, 0.4) is 0 Å². The Balaban J connectivity index is 2.30. The smallest absolute Gasteiger partial charge is 0.265 e. The highest BCUT2D eigenvalue weighted by Crippen LogP contribution is 2.21. The molecule has 2 heterocycles. The van der Waals surface area contributed by atoms with Crippen molar-refractivity contribution in [2.75, 3.05) is 24.5 Å². The monoisotopic (exact) mass is 321 g/mol. The number of furan rings is 1. The van der Waals surface area contributed by atoms with E-state index in [1.54, 1.807) is 13.0 Å². The Kier molecular flexibility index (Phi) is 4.97. The SMILES string of the molecule is CCN1C(=O)/C(=C/c2ccc(N(CC)CC)o2)C(=O)NC1=S. The maximum atomic E-state index is 12.3. The zero-order valence-electron chi connectivity index (χ0n) is 12.9. The fraction of sp³-hybridized carbons (Fsp3) is 0.400. The molecule has 1 N–H and O–H groups in total. The zero-order valence-corrected chi connectivity index (χ0v) is 13.7. The van der Waals surface area contributed by atoms with Gasteiger partial charge >= 0.3 is 0 Å². The molecule has 0 spiro atoms. The van der Waals surface area contributed by atoms with Gasteiger partial charge in [-0.15, -0.1) is 0 Å². The molecule has 1 aromatic heterocycles. The molecule has 7 heteroatoms. The summed E-state index contributed by atoms with van der Waals surface area (Å²) in [6.07, 6.45) is 1.45. The van der Waals surface area contributed by atoms with Crippen molar-refractivity contribution in [3.63, 3.8) is 0 Å². The minimum absolute atomic E-state index is 0.0240. The first kappa shape index (κ1) is 16.2. The summed E-state index contributed by atoms with van der Waals surface area (Å²) in [5.74, 6) is 0.269. The van der Waals surface area contributed by atoms with Gasteiger partial charge in [-0.3, -0.25) is 19.8 Å². The topological polar surface area (TPSA) is 65.8 Å². The molecule has 0 bridgehead atoms.